The molecule has 0 spiro atoms. The highest BCUT2D eigenvalue weighted by Gasteiger charge is 2.39. The molecular formula is C63H70N4O18. The Kier molecular flexibility index (Phi) is 22.3. The van der Waals surface area contributed by atoms with Crippen LogP contribution in [0, 0.1) is 0 Å². The van der Waals surface area contributed by atoms with Crippen LogP contribution < -0.4 is 24.8 Å². The molecule has 2 heterocycles. The minimum absolute atomic E-state index is 0.0342. The highest BCUT2D eigenvalue weighted by molar-refractivity contribution is 6.33. The van der Waals surface area contributed by atoms with Gasteiger partial charge < -0.3 is 67.5 Å². The summed E-state index contributed by atoms with van der Waals surface area (Å²) in [6.45, 7) is 4.78. The molecule has 22 heteroatoms. The van der Waals surface area contributed by atoms with Gasteiger partial charge in [-0.15, -0.1) is 0 Å². The maximum absolute atomic E-state index is 14.3. The molecule has 7 aromatic rings. The van der Waals surface area contributed by atoms with E-state index in [9.17, 15) is 28.8 Å². The van der Waals surface area contributed by atoms with Crippen LogP contribution >= 0.6 is 0 Å². The molecule has 6 amide bonds. The van der Waals surface area contributed by atoms with Crippen molar-refractivity contribution in [1.82, 2.24) is 20.4 Å². The molecule has 0 atom stereocenters. The van der Waals surface area contributed by atoms with Gasteiger partial charge in [0.1, 0.15) is 19.8 Å². The summed E-state index contributed by atoms with van der Waals surface area (Å²) in [6, 6.07) is 26.7. The quantitative estimate of drug-likeness (QED) is 0.0257. The number of carbonyl (C=O) groups is 6. The number of hydrogen-bond acceptors (Lipinski definition) is 18. The van der Waals surface area contributed by atoms with Crippen molar-refractivity contribution in [3.8, 4) is 17.2 Å². The summed E-state index contributed by atoms with van der Waals surface area (Å²) in [7, 11) is 4.77. The van der Waals surface area contributed by atoms with Gasteiger partial charge >= 0.3 is 0 Å². The van der Waals surface area contributed by atoms with Crippen molar-refractivity contribution in [3.63, 3.8) is 0 Å². The lowest BCUT2D eigenvalue weighted by Crippen LogP contribution is -2.46. The van der Waals surface area contributed by atoms with Gasteiger partial charge in [-0.1, -0.05) is 48.5 Å². The lowest BCUT2D eigenvalue weighted by molar-refractivity contribution is 0.0146. The molecule has 22 nitrogen and oxygen atoms in total. The zero-order chi connectivity index (χ0) is 59.5. The second-order valence-corrected chi connectivity index (χ2v) is 19.6. The number of amides is 6. The van der Waals surface area contributed by atoms with E-state index >= 15 is 0 Å². The number of nitrogens with zero attached hydrogens (tertiary/aromatic N) is 2. The predicted molar refractivity (Wildman–Crippen MR) is 313 cm³/mol. The fraction of sp³-hybridized carbons (Fsp3) is 0.397. The van der Waals surface area contributed by atoms with Crippen LogP contribution in [-0.4, -0.2) is 212 Å². The molecule has 450 valence electrons. The lowest BCUT2D eigenvalue weighted by atomic mass is 9.86. The van der Waals surface area contributed by atoms with Crippen LogP contribution in [0.1, 0.15) is 62.1 Å². The first-order chi connectivity index (χ1) is 41.6. The first-order valence-electron chi connectivity index (χ1n) is 28.2. The van der Waals surface area contributed by atoms with Crippen LogP contribution in [0.3, 0.4) is 0 Å². The van der Waals surface area contributed by atoms with Crippen molar-refractivity contribution in [2.45, 2.75) is 0 Å². The second kappa shape index (κ2) is 30.8. The van der Waals surface area contributed by atoms with Crippen molar-refractivity contribution in [3.05, 3.63) is 124 Å². The Labute approximate surface area is 491 Å². The third-order valence-corrected chi connectivity index (χ3v) is 14.2. The summed E-state index contributed by atoms with van der Waals surface area (Å²) in [6.07, 6.45) is 0. The Morgan fingerprint density at radius 2 is 0.753 bits per heavy atom. The van der Waals surface area contributed by atoms with Gasteiger partial charge in [-0.3, -0.25) is 38.6 Å². The van der Waals surface area contributed by atoms with Gasteiger partial charge in [0.2, 0.25) is 5.75 Å². The number of benzene rings is 7. The highest BCUT2D eigenvalue weighted by atomic mass is 16.6. The number of nitrogens with one attached hydrogen (secondary N) is 2. The van der Waals surface area contributed by atoms with Crippen molar-refractivity contribution < 1.29 is 85.6 Å². The van der Waals surface area contributed by atoms with Crippen LogP contribution in [0.5, 0.6) is 17.2 Å². The van der Waals surface area contributed by atoms with E-state index < -0.39 is 29.5 Å². The smallest absolute Gasteiger partial charge is 0.261 e. The highest BCUT2D eigenvalue weighted by Crippen LogP contribution is 2.41. The number of imide groups is 2. The molecule has 85 heavy (non-hydrogen) atoms. The van der Waals surface area contributed by atoms with E-state index in [0.717, 1.165) is 42.1 Å². The van der Waals surface area contributed by atoms with E-state index in [4.69, 9.17) is 56.8 Å². The van der Waals surface area contributed by atoms with Gasteiger partial charge in [-0.25, -0.2) is 0 Å². The molecule has 2 aliphatic heterocycles. The first-order valence-corrected chi connectivity index (χ1v) is 28.2. The minimum atomic E-state index is -0.671. The number of rotatable bonds is 38. The van der Waals surface area contributed by atoms with Crippen molar-refractivity contribution in [2.75, 3.05) is 166 Å². The molecule has 0 unspecified atom stereocenters. The van der Waals surface area contributed by atoms with Gasteiger partial charge in [0.25, 0.3) is 35.4 Å². The van der Waals surface area contributed by atoms with E-state index in [2.05, 4.69) is 16.7 Å². The average Bonchev–Trinajstić information content (AvgIpc) is 1.21. The number of carbonyl (C=O) groups excluding carboxylic acids is 6. The van der Waals surface area contributed by atoms with E-state index in [-0.39, 0.29) is 128 Å². The Morgan fingerprint density at radius 1 is 0.388 bits per heavy atom. The Hall–Kier alpha value is -7.90. The Bertz CT molecular complexity index is 3350. The average molecular weight is 1170 g/mol. The SMILES string of the molecule is COCCOCCOCCOc1cc(C(=O)NCCN2C(=O)c3ccc4c5c(ccc(c35)C2=O)C(=O)N(CCNC(=O)c2ccc3ccc5cccc6ccc2c3c56)C4=O)cc(OCCOCCOCCOC)c1OCCOCCOCCOC. The van der Waals surface area contributed by atoms with Gasteiger partial charge in [0, 0.05) is 91.7 Å². The molecule has 0 aliphatic carbocycles. The van der Waals surface area contributed by atoms with E-state index in [0.29, 0.717) is 84.8 Å². The normalized spacial score (nSPS) is 13.1. The van der Waals surface area contributed by atoms with Crippen LogP contribution in [0.4, 0.5) is 0 Å². The zero-order valence-corrected chi connectivity index (χ0v) is 48.0. The Morgan fingerprint density at radius 3 is 1.19 bits per heavy atom. The molecule has 0 radical (unpaired) electrons. The lowest BCUT2D eigenvalue weighted by Gasteiger charge is -2.32. The molecule has 0 bridgehead atoms. The summed E-state index contributed by atoms with van der Waals surface area (Å²) < 4.78 is 67.2. The van der Waals surface area contributed by atoms with Crippen molar-refractivity contribution >= 4 is 78.5 Å². The summed E-state index contributed by atoms with van der Waals surface area (Å²) in [5.74, 6) is -3.02. The summed E-state index contributed by atoms with van der Waals surface area (Å²) in [5.41, 5.74) is 1.07. The summed E-state index contributed by atoms with van der Waals surface area (Å²) >= 11 is 0. The molecule has 2 aliphatic rings. The molecule has 9 rings (SSSR count). The largest absolute Gasteiger partial charge is 0.487 e. The number of ether oxygens (including phenoxy) is 12. The summed E-state index contributed by atoms with van der Waals surface area (Å²) in [5, 5.41) is 12.1. The van der Waals surface area contributed by atoms with Gasteiger partial charge in [0.05, 0.1) is 99.1 Å². The molecule has 0 saturated carbocycles. The van der Waals surface area contributed by atoms with Gasteiger partial charge in [-0.2, -0.15) is 0 Å². The zero-order valence-electron chi connectivity index (χ0n) is 48.0. The molecule has 2 N–H and O–H groups in total. The van der Waals surface area contributed by atoms with E-state index in [1.165, 1.54) is 36.4 Å². The molecule has 0 aromatic heterocycles. The van der Waals surface area contributed by atoms with Crippen LogP contribution in [-0.2, 0) is 42.6 Å². The van der Waals surface area contributed by atoms with E-state index in [1.807, 2.05) is 42.5 Å². The molecular weight excluding hydrogens is 1100 g/mol. The maximum atomic E-state index is 14.3. The van der Waals surface area contributed by atoms with Gasteiger partial charge in [0.15, 0.2) is 11.5 Å². The molecule has 7 aromatic carbocycles. The van der Waals surface area contributed by atoms with Gasteiger partial charge in [-0.05, 0) is 74.8 Å². The van der Waals surface area contributed by atoms with Crippen LogP contribution in [0.2, 0.25) is 0 Å². The predicted octanol–water partition coefficient (Wildman–Crippen LogP) is 5.96. The maximum Gasteiger partial charge on any atom is 0.261 e. The third kappa shape index (κ3) is 14.8. The number of hydrogen-bond donors (Lipinski definition) is 2. The molecule has 0 saturated heterocycles. The standard InChI is InChI=1S/C63H70N4O18/c1-74-21-24-77-27-30-80-33-36-83-51-39-44(40-52(84-37-34-81-31-28-78-25-22-75-2)57(51)85-38-35-82-32-29-79-26-23-76-3)58(68)64-17-19-66-60(70)47-13-15-49-56-50(16-14-48(55(47)56)61(66)71)63(73)67(62(49)72)20-18-65-59(69)46-12-10-43-8-7-41-5-4-6-42-9-11-45(46)54(43)53(41)42/h4-16,39-40H,17-38H2,1-3H3,(H,64,68)(H,65,69). The van der Waals surface area contributed by atoms with Crippen molar-refractivity contribution in [1.29, 1.82) is 0 Å². The first kappa shape index (κ1) is 61.7. The third-order valence-electron chi connectivity index (χ3n) is 14.2. The second-order valence-electron chi connectivity index (χ2n) is 19.6. The van der Waals surface area contributed by atoms with E-state index in [1.54, 1.807) is 27.4 Å². The fourth-order valence-corrected chi connectivity index (χ4v) is 10.2. The Balaban J connectivity index is 0.850. The van der Waals surface area contributed by atoms with Crippen molar-refractivity contribution in [2.24, 2.45) is 0 Å². The fourth-order valence-electron chi connectivity index (χ4n) is 10.2. The number of methoxy groups -OCH3 is 3. The monoisotopic (exact) mass is 1170 g/mol. The van der Waals surface area contributed by atoms with Crippen LogP contribution in [0.25, 0.3) is 43.1 Å². The molecule has 0 fully saturated rings. The summed E-state index contributed by atoms with van der Waals surface area (Å²) in [4.78, 5) is 86.7. The topological polar surface area (TPSA) is 244 Å². The van der Waals surface area contributed by atoms with Crippen LogP contribution in [0.15, 0.2) is 91.0 Å². The minimum Gasteiger partial charge on any atom is -0.487 e.